The van der Waals surface area contributed by atoms with Crippen molar-refractivity contribution in [3.63, 3.8) is 0 Å². The molecule has 0 aromatic heterocycles. The van der Waals surface area contributed by atoms with Crippen LogP contribution in [-0.4, -0.2) is 50.6 Å². The van der Waals surface area contributed by atoms with E-state index in [1.54, 1.807) is 6.92 Å². The maximum atomic E-state index is 11.9. The van der Waals surface area contributed by atoms with Crippen LogP contribution >= 0.6 is 11.6 Å². The molecule has 0 amide bonds. The van der Waals surface area contributed by atoms with Crippen LogP contribution in [0.2, 0.25) is 0 Å². The van der Waals surface area contributed by atoms with Gasteiger partial charge in [-0.3, -0.25) is 0 Å². The fourth-order valence-corrected chi connectivity index (χ4v) is 5.36. The monoisotopic (exact) mass is 314 g/mol. The number of hydrogen-bond acceptors (Lipinski definition) is 5. The predicted octanol–water partition coefficient (Wildman–Crippen LogP) is 0.755. The van der Waals surface area contributed by atoms with Crippen molar-refractivity contribution in [1.82, 2.24) is 0 Å². The predicted molar refractivity (Wildman–Crippen MR) is 73.7 cm³/mol. The van der Waals surface area contributed by atoms with Crippen LogP contribution in [0.3, 0.4) is 0 Å². The third-order valence-corrected chi connectivity index (χ3v) is 6.99. The second-order valence-corrected chi connectivity index (χ2v) is 7.85. The molecule has 8 unspecified atom stereocenters. The first-order chi connectivity index (χ1) is 9.64. The van der Waals surface area contributed by atoms with Crippen molar-refractivity contribution < 1.29 is 24.5 Å². The standard InChI is InChI=1S/C15H19ClO5/c1-6-7-4-5-13(2,19)15(16)9(8(7)20-12(6)18)14(3)11(21-14)10(15)17/h7-11,17,19H,1,4-5H2,2-3H3. The Morgan fingerprint density at radius 3 is 2.76 bits per heavy atom. The second-order valence-electron chi connectivity index (χ2n) is 7.23. The van der Waals surface area contributed by atoms with Crippen molar-refractivity contribution in [3.05, 3.63) is 12.2 Å². The van der Waals surface area contributed by atoms with Crippen LogP contribution in [0, 0.1) is 11.8 Å². The highest BCUT2D eigenvalue weighted by Crippen LogP contribution is 2.68. The van der Waals surface area contributed by atoms with Crippen LogP contribution < -0.4 is 0 Å². The molecular formula is C15H19ClO5. The zero-order valence-electron chi connectivity index (χ0n) is 12.0. The summed E-state index contributed by atoms with van der Waals surface area (Å²) >= 11 is 6.80. The Kier molecular flexibility index (Phi) is 2.43. The van der Waals surface area contributed by atoms with Crippen LogP contribution in [0.1, 0.15) is 26.7 Å². The van der Waals surface area contributed by atoms with Gasteiger partial charge in [0.1, 0.15) is 28.8 Å². The quantitative estimate of drug-likeness (QED) is 0.299. The summed E-state index contributed by atoms with van der Waals surface area (Å²) in [4.78, 5) is 10.6. The van der Waals surface area contributed by atoms with E-state index in [9.17, 15) is 15.0 Å². The Labute approximate surface area is 127 Å². The highest BCUT2D eigenvalue weighted by atomic mass is 35.5. The lowest BCUT2D eigenvalue weighted by atomic mass is 9.73. The summed E-state index contributed by atoms with van der Waals surface area (Å²) in [5.41, 5.74) is -1.50. The van der Waals surface area contributed by atoms with Gasteiger partial charge >= 0.3 is 5.97 Å². The maximum Gasteiger partial charge on any atom is 0.334 e. The van der Waals surface area contributed by atoms with Crippen molar-refractivity contribution >= 4 is 17.6 Å². The number of hydrogen-bond donors (Lipinski definition) is 2. The van der Waals surface area contributed by atoms with Gasteiger partial charge in [0, 0.05) is 11.5 Å². The lowest BCUT2D eigenvalue weighted by Crippen LogP contribution is -2.61. The van der Waals surface area contributed by atoms with Gasteiger partial charge in [0.05, 0.1) is 11.5 Å². The molecular weight excluding hydrogens is 296 g/mol. The number of epoxide rings is 1. The van der Waals surface area contributed by atoms with Crippen molar-refractivity contribution in [2.24, 2.45) is 11.8 Å². The number of carbonyl (C=O) groups excluding carboxylic acids is 1. The fraction of sp³-hybridized carbons (Fsp3) is 0.800. The minimum atomic E-state index is -1.28. The molecule has 2 heterocycles. The lowest BCUT2D eigenvalue weighted by molar-refractivity contribution is -0.147. The minimum absolute atomic E-state index is 0.179. The number of aliphatic hydroxyl groups excluding tert-OH is 1. The van der Waals surface area contributed by atoms with Gasteiger partial charge in [-0.1, -0.05) is 6.58 Å². The Bertz CT molecular complexity index is 560. The van der Waals surface area contributed by atoms with Crippen molar-refractivity contribution in [3.8, 4) is 0 Å². The van der Waals surface area contributed by atoms with Crippen LogP contribution in [0.5, 0.6) is 0 Å². The van der Waals surface area contributed by atoms with E-state index in [0.29, 0.717) is 18.4 Å². The van der Waals surface area contributed by atoms with Gasteiger partial charge < -0.3 is 19.7 Å². The molecule has 0 spiro atoms. The van der Waals surface area contributed by atoms with Gasteiger partial charge in [-0.25, -0.2) is 4.79 Å². The largest absolute Gasteiger partial charge is 0.458 e. The highest BCUT2D eigenvalue weighted by Gasteiger charge is 2.83. The molecule has 5 nitrogen and oxygen atoms in total. The molecule has 2 saturated carbocycles. The number of fused-ring (bicyclic) bond motifs is 5. The Hall–Kier alpha value is -0.620. The normalized spacial score (nSPS) is 61.7. The third-order valence-electron chi connectivity index (χ3n) is 6.12. The van der Waals surface area contributed by atoms with Gasteiger partial charge in [-0.15, -0.1) is 11.6 Å². The molecule has 2 N–H and O–H groups in total. The molecule has 8 atom stereocenters. The van der Waals surface area contributed by atoms with Gasteiger partial charge in [-0.2, -0.15) is 0 Å². The van der Waals surface area contributed by atoms with Crippen molar-refractivity contribution in [2.75, 3.05) is 0 Å². The summed E-state index contributed by atoms with van der Waals surface area (Å²) in [6.07, 6.45) is -0.971. The Balaban J connectivity index is 1.87. The number of carbonyl (C=O) groups is 1. The number of esters is 1. The molecule has 21 heavy (non-hydrogen) atoms. The highest BCUT2D eigenvalue weighted by molar-refractivity contribution is 6.26. The molecule has 2 aliphatic carbocycles. The van der Waals surface area contributed by atoms with Crippen LogP contribution in [0.15, 0.2) is 12.2 Å². The van der Waals surface area contributed by atoms with E-state index in [1.165, 1.54) is 0 Å². The van der Waals surface area contributed by atoms with Gasteiger partial charge in [0.25, 0.3) is 0 Å². The van der Waals surface area contributed by atoms with E-state index in [1.807, 2.05) is 6.92 Å². The molecule has 2 aliphatic heterocycles. The summed E-state index contributed by atoms with van der Waals surface area (Å²) in [5.74, 6) is -1.05. The molecule has 4 fully saturated rings. The molecule has 0 aromatic carbocycles. The smallest absolute Gasteiger partial charge is 0.334 e. The third kappa shape index (κ3) is 1.37. The number of halogens is 1. The summed E-state index contributed by atoms with van der Waals surface area (Å²) in [5, 5.41) is 21.5. The van der Waals surface area contributed by atoms with Crippen molar-refractivity contribution in [2.45, 2.75) is 61.1 Å². The van der Waals surface area contributed by atoms with Crippen molar-refractivity contribution in [1.29, 1.82) is 0 Å². The fourth-order valence-electron chi connectivity index (χ4n) is 4.81. The Morgan fingerprint density at radius 2 is 2.10 bits per heavy atom. The first-order valence-electron chi connectivity index (χ1n) is 7.31. The second kappa shape index (κ2) is 3.65. The SMILES string of the molecule is C=C1C(=O)OC2C1CCC(C)(O)C1(Cl)C(O)C3OC3(C)C21. The van der Waals surface area contributed by atoms with Gasteiger partial charge in [0.2, 0.25) is 0 Å². The molecule has 0 aromatic rings. The molecule has 6 heteroatoms. The number of aliphatic hydroxyl groups is 2. The minimum Gasteiger partial charge on any atom is -0.458 e. The topological polar surface area (TPSA) is 79.3 Å². The summed E-state index contributed by atoms with van der Waals surface area (Å²) < 4.78 is 11.2. The lowest BCUT2D eigenvalue weighted by Gasteiger charge is -2.45. The van der Waals surface area contributed by atoms with Crippen LogP contribution in [0.25, 0.3) is 0 Å². The molecule has 4 rings (SSSR count). The average molecular weight is 315 g/mol. The van der Waals surface area contributed by atoms with Gasteiger partial charge in [-0.05, 0) is 26.7 Å². The average Bonchev–Trinajstić information content (AvgIpc) is 2.96. The number of alkyl halides is 1. The first-order valence-corrected chi connectivity index (χ1v) is 7.69. The first kappa shape index (κ1) is 14.0. The zero-order valence-corrected chi connectivity index (χ0v) is 12.8. The van der Waals surface area contributed by atoms with E-state index < -0.39 is 46.3 Å². The van der Waals surface area contributed by atoms with E-state index in [0.717, 1.165) is 0 Å². The zero-order chi connectivity index (χ0) is 15.4. The van der Waals surface area contributed by atoms with Crippen LogP contribution in [-0.2, 0) is 14.3 Å². The molecule has 0 radical (unpaired) electrons. The van der Waals surface area contributed by atoms with Crippen LogP contribution in [0.4, 0.5) is 0 Å². The summed E-state index contributed by atoms with van der Waals surface area (Å²) in [7, 11) is 0. The van der Waals surface area contributed by atoms with E-state index in [4.69, 9.17) is 21.1 Å². The number of ether oxygens (including phenoxy) is 2. The summed E-state index contributed by atoms with van der Waals surface area (Å²) in [6, 6.07) is 0. The number of rotatable bonds is 0. The molecule has 116 valence electrons. The van der Waals surface area contributed by atoms with Gasteiger partial charge in [0.15, 0.2) is 0 Å². The Morgan fingerprint density at radius 1 is 1.43 bits per heavy atom. The van der Waals surface area contributed by atoms with E-state index in [2.05, 4.69) is 6.58 Å². The van der Waals surface area contributed by atoms with E-state index in [-0.39, 0.29) is 5.92 Å². The summed E-state index contributed by atoms with van der Waals surface area (Å²) in [6.45, 7) is 7.34. The maximum absolute atomic E-state index is 11.9. The van der Waals surface area contributed by atoms with E-state index >= 15 is 0 Å². The molecule has 0 bridgehead atoms. The molecule has 4 aliphatic rings. The molecule has 2 saturated heterocycles.